The van der Waals surface area contributed by atoms with Gasteiger partial charge >= 0.3 is 0 Å². The van der Waals surface area contributed by atoms with Gasteiger partial charge in [0, 0.05) is 6.10 Å². The van der Waals surface area contributed by atoms with E-state index in [-0.39, 0.29) is 44.3 Å². The quantitative estimate of drug-likeness (QED) is 0.167. The Kier molecular flexibility index (Phi) is 15.8. The number of hydrogen-bond donors (Lipinski definition) is 0. The molecule has 0 N–H and O–H groups in total. The van der Waals surface area contributed by atoms with Gasteiger partial charge in [-0.1, -0.05) is 188 Å². The molecule has 59 heavy (non-hydrogen) atoms. The van der Waals surface area contributed by atoms with Gasteiger partial charge in [-0.05, 0) is 125 Å². The predicted molar refractivity (Wildman–Crippen MR) is 266 cm³/mol. The molecular formula is C53H90O3Si3. The molecule has 2 aromatic rings. The van der Waals surface area contributed by atoms with Crippen LogP contribution in [0.25, 0.3) is 0 Å². The number of hydrogen-bond acceptors (Lipinski definition) is 3. The van der Waals surface area contributed by atoms with Gasteiger partial charge in [-0.3, -0.25) is 0 Å². The van der Waals surface area contributed by atoms with E-state index < -0.39 is 25.0 Å². The molecule has 3 nitrogen and oxygen atoms in total. The fourth-order valence-corrected chi connectivity index (χ4v) is 17.5. The third-order valence-electron chi connectivity index (χ3n) is 16.5. The Balaban J connectivity index is 1.53. The average molecular weight is 860 g/mol. The Morgan fingerprint density at radius 3 is 1.54 bits per heavy atom. The standard InChI is InChI=1S/C53H90O3Si3/c1-40(2)48(56-59(51(10,11)12,46-29-22-20-23-30-46)47-31-24-21-25-32-47)34-33-41(3)53(15)36-35-43(52(53,13)14)28-26-27-42-37-44(54-57(16,17)49(4,5)6)39-45(38-42)55-58(18,19)50(7,8)9/h20-32,40-41,43-45,48H,33-39H2,1-19H3. The van der Waals surface area contributed by atoms with Crippen LogP contribution in [-0.4, -0.2) is 43.3 Å². The molecule has 2 aliphatic rings. The van der Waals surface area contributed by atoms with Crippen LogP contribution in [0.1, 0.15) is 149 Å². The summed E-state index contributed by atoms with van der Waals surface area (Å²) in [5.74, 6) is 1.55. The summed E-state index contributed by atoms with van der Waals surface area (Å²) in [4.78, 5) is 0. The highest BCUT2D eigenvalue weighted by Crippen LogP contribution is 2.61. The van der Waals surface area contributed by atoms with Crippen molar-refractivity contribution in [2.45, 2.75) is 208 Å². The van der Waals surface area contributed by atoms with Crippen LogP contribution in [0.2, 0.25) is 41.3 Å². The zero-order valence-electron chi connectivity index (χ0n) is 41.6. The monoisotopic (exact) mass is 859 g/mol. The van der Waals surface area contributed by atoms with E-state index in [9.17, 15) is 0 Å². The first-order chi connectivity index (χ1) is 27.0. The second kappa shape index (κ2) is 18.7. The molecule has 0 radical (unpaired) electrons. The minimum atomic E-state index is -2.64. The van der Waals surface area contributed by atoms with Crippen LogP contribution in [0.5, 0.6) is 0 Å². The summed E-state index contributed by atoms with van der Waals surface area (Å²) in [7, 11) is -6.47. The van der Waals surface area contributed by atoms with Gasteiger partial charge in [-0.2, -0.15) is 0 Å². The van der Waals surface area contributed by atoms with Gasteiger partial charge < -0.3 is 13.3 Å². The first-order valence-electron chi connectivity index (χ1n) is 23.5. The van der Waals surface area contributed by atoms with Crippen molar-refractivity contribution in [3.63, 3.8) is 0 Å². The van der Waals surface area contributed by atoms with Gasteiger partial charge in [-0.25, -0.2) is 0 Å². The molecule has 0 heterocycles. The minimum Gasteiger partial charge on any atom is -0.414 e. The van der Waals surface area contributed by atoms with Gasteiger partial charge in [-0.15, -0.1) is 0 Å². The molecule has 6 unspecified atom stereocenters. The molecule has 0 bridgehead atoms. The predicted octanol–water partition coefficient (Wildman–Crippen LogP) is 14.9. The molecule has 2 saturated carbocycles. The van der Waals surface area contributed by atoms with E-state index in [1.165, 1.54) is 35.2 Å². The average Bonchev–Trinajstić information content (AvgIpc) is 3.34. The highest BCUT2D eigenvalue weighted by atomic mass is 28.4. The lowest BCUT2D eigenvalue weighted by molar-refractivity contribution is 0.0298. The third-order valence-corrected chi connectivity index (χ3v) is 30.7. The molecule has 332 valence electrons. The fourth-order valence-electron chi connectivity index (χ4n) is 9.92. The van der Waals surface area contributed by atoms with E-state index in [2.05, 4.69) is 209 Å². The van der Waals surface area contributed by atoms with E-state index in [0.29, 0.717) is 17.8 Å². The summed E-state index contributed by atoms with van der Waals surface area (Å²) >= 11 is 0. The second-order valence-corrected chi connectivity index (χ2v) is 37.9. The van der Waals surface area contributed by atoms with Gasteiger partial charge in [0.15, 0.2) is 16.6 Å². The molecule has 2 aliphatic carbocycles. The van der Waals surface area contributed by atoms with Gasteiger partial charge in [0.1, 0.15) is 0 Å². The van der Waals surface area contributed by atoms with Crippen molar-refractivity contribution in [1.82, 2.24) is 0 Å². The summed E-state index contributed by atoms with van der Waals surface area (Å²) in [5, 5.41) is 3.09. The third kappa shape index (κ3) is 11.2. The van der Waals surface area contributed by atoms with E-state index in [1.807, 2.05) is 0 Å². The molecule has 0 amide bonds. The molecular weight excluding hydrogens is 769 g/mol. The minimum absolute atomic E-state index is 0.0300. The van der Waals surface area contributed by atoms with Gasteiger partial charge in [0.25, 0.3) is 8.32 Å². The van der Waals surface area contributed by atoms with E-state index in [4.69, 9.17) is 13.3 Å². The van der Waals surface area contributed by atoms with Gasteiger partial charge in [0.05, 0.1) is 12.2 Å². The van der Waals surface area contributed by atoms with Crippen LogP contribution in [-0.2, 0) is 13.3 Å². The number of allylic oxidation sites excluding steroid dienone is 3. The maximum Gasteiger partial charge on any atom is 0.261 e. The SMILES string of the molecule is CC(C)C(CCC(C)C1(C)CCC(C=CC=C2CC(O[Si](C)(C)C(C)(C)C)CC(O[Si](C)(C)C(C)(C)C)C2)C1(C)C)O[Si](c1ccccc1)(c1ccccc1)C(C)(C)C. The lowest BCUT2D eigenvalue weighted by Gasteiger charge is -2.48. The first-order valence-corrected chi connectivity index (χ1v) is 31.2. The van der Waals surface area contributed by atoms with Gasteiger partial charge in [0.2, 0.25) is 0 Å². The molecule has 0 spiro atoms. The van der Waals surface area contributed by atoms with Crippen molar-refractivity contribution < 1.29 is 13.3 Å². The largest absolute Gasteiger partial charge is 0.414 e. The fraction of sp³-hybridized carbons (Fsp3) is 0.698. The van der Waals surface area contributed by atoms with E-state index in [1.54, 1.807) is 0 Å². The second-order valence-electron chi connectivity index (χ2n) is 24.2. The van der Waals surface area contributed by atoms with Crippen molar-refractivity contribution >= 4 is 35.3 Å². The zero-order chi connectivity index (χ0) is 44.5. The van der Waals surface area contributed by atoms with Crippen molar-refractivity contribution in [3.8, 4) is 0 Å². The highest BCUT2D eigenvalue weighted by Gasteiger charge is 2.54. The Morgan fingerprint density at radius 1 is 0.678 bits per heavy atom. The van der Waals surface area contributed by atoms with Crippen LogP contribution < -0.4 is 10.4 Å². The lowest BCUT2D eigenvalue weighted by Crippen LogP contribution is -2.68. The van der Waals surface area contributed by atoms with Crippen molar-refractivity contribution in [2.24, 2.45) is 28.6 Å². The zero-order valence-corrected chi connectivity index (χ0v) is 44.6. The highest BCUT2D eigenvalue weighted by molar-refractivity contribution is 6.99. The van der Waals surface area contributed by atoms with E-state index in [0.717, 1.165) is 25.7 Å². The Hall–Kier alpha value is -1.55. The summed E-state index contributed by atoms with van der Waals surface area (Å²) in [6.07, 6.45) is 15.9. The van der Waals surface area contributed by atoms with Crippen LogP contribution in [0, 0.1) is 28.6 Å². The van der Waals surface area contributed by atoms with E-state index >= 15 is 0 Å². The van der Waals surface area contributed by atoms with Crippen LogP contribution in [0.4, 0.5) is 0 Å². The number of rotatable bonds is 15. The number of benzene rings is 2. The molecule has 0 aromatic heterocycles. The van der Waals surface area contributed by atoms with Crippen LogP contribution >= 0.6 is 0 Å². The molecule has 4 rings (SSSR count). The summed E-state index contributed by atoms with van der Waals surface area (Å²) in [5.41, 5.74) is 1.91. The maximum absolute atomic E-state index is 7.78. The Morgan fingerprint density at radius 2 is 1.14 bits per heavy atom. The normalized spacial score (nSPS) is 24.8. The summed E-state index contributed by atoms with van der Waals surface area (Å²) in [6.45, 7) is 46.0. The first kappa shape index (κ1) is 50.1. The van der Waals surface area contributed by atoms with Crippen molar-refractivity contribution in [3.05, 3.63) is 84.5 Å². The summed E-state index contributed by atoms with van der Waals surface area (Å²) in [6, 6.07) is 22.4. The molecule has 2 aromatic carbocycles. The molecule has 0 aliphatic heterocycles. The molecule has 6 heteroatoms. The molecule has 2 fully saturated rings. The lowest BCUT2D eigenvalue weighted by atomic mass is 9.59. The summed E-state index contributed by atoms with van der Waals surface area (Å²) < 4.78 is 22.0. The Bertz CT molecular complexity index is 1610. The molecule has 6 atom stereocenters. The maximum atomic E-state index is 7.78. The topological polar surface area (TPSA) is 27.7 Å². The smallest absolute Gasteiger partial charge is 0.261 e. The Labute approximate surface area is 368 Å². The van der Waals surface area contributed by atoms with Crippen LogP contribution in [0.3, 0.4) is 0 Å². The van der Waals surface area contributed by atoms with Crippen molar-refractivity contribution in [2.75, 3.05) is 0 Å². The van der Waals surface area contributed by atoms with Crippen molar-refractivity contribution in [1.29, 1.82) is 0 Å². The van der Waals surface area contributed by atoms with Crippen LogP contribution in [0.15, 0.2) is 84.5 Å². The molecule has 0 saturated heterocycles.